The molecule has 2 N–H and O–H groups in total. The highest BCUT2D eigenvalue weighted by molar-refractivity contribution is 5.89. The maximum Gasteiger partial charge on any atom is 0.321 e. The molecule has 2 atom stereocenters. The summed E-state index contributed by atoms with van der Waals surface area (Å²) in [5, 5.41) is 5.86. The number of hydrogen-bond acceptors (Lipinski definition) is 3. The van der Waals surface area contributed by atoms with Crippen LogP contribution in [0.2, 0.25) is 0 Å². The Morgan fingerprint density at radius 3 is 2.31 bits per heavy atom. The number of hydrogen-bond donors (Lipinski definition) is 2. The summed E-state index contributed by atoms with van der Waals surface area (Å²) in [6.45, 7) is 9.64. The van der Waals surface area contributed by atoms with E-state index < -0.39 is 6.10 Å². The van der Waals surface area contributed by atoms with Crippen LogP contribution in [0.15, 0.2) is 24.3 Å². The molecular weight excluding hydrogens is 330 g/mol. The maximum atomic E-state index is 12.2. The van der Waals surface area contributed by atoms with Crippen molar-refractivity contribution in [2.45, 2.75) is 52.7 Å². The van der Waals surface area contributed by atoms with E-state index in [4.69, 9.17) is 4.74 Å². The molecule has 2 rings (SSSR count). The third kappa shape index (κ3) is 6.02. The Morgan fingerprint density at radius 1 is 1.15 bits per heavy atom. The normalized spacial score (nSPS) is 15.8. The van der Waals surface area contributed by atoms with E-state index in [1.165, 1.54) is 12.8 Å². The van der Waals surface area contributed by atoms with Crippen molar-refractivity contribution in [2.24, 2.45) is 5.92 Å². The second-order valence-electron chi connectivity index (χ2n) is 6.87. The third-order valence-corrected chi connectivity index (χ3v) is 4.72. The van der Waals surface area contributed by atoms with Gasteiger partial charge in [0.05, 0.1) is 12.6 Å². The van der Waals surface area contributed by atoms with Gasteiger partial charge in [-0.25, -0.2) is 4.79 Å². The molecule has 2 unspecified atom stereocenters. The van der Waals surface area contributed by atoms with Crippen LogP contribution in [0.25, 0.3) is 0 Å². The van der Waals surface area contributed by atoms with Gasteiger partial charge in [-0.05, 0) is 64.2 Å². The van der Waals surface area contributed by atoms with Gasteiger partial charge in [-0.15, -0.1) is 0 Å². The summed E-state index contributed by atoms with van der Waals surface area (Å²) in [6, 6.07) is 7.31. The summed E-state index contributed by atoms with van der Waals surface area (Å²) in [7, 11) is 0. The average Bonchev–Trinajstić information content (AvgIpc) is 3.45. The lowest BCUT2D eigenvalue weighted by Crippen LogP contribution is -2.36. The highest BCUT2D eigenvalue weighted by Gasteiger charge is 2.24. The van der Waals surface area contributed by atoms with E-state index in [2.05, 4.69) is 10.6 Å². The molecule has 6 nitrogen and oxygen atoms in total. The van der Waals surface area contributed by atoms with E-state index in [1.807, 2.05) is 45.0 Å². The van der Waals surface area contributed by atoms with Gasteiger partial charge in [0, 0.05) is 18.8 Å². The van der Waals surface area contributed by atoms with Crippen LogP contribution < -0.4 is 10.6 Å². The molecule has 1 fully saturated rings. The lowest BCUT2D eigenvalue weighted by Gasteiger charge is -2.20. The SMILES string of the molecule is CCN(CC)C(=O)Nc1ccc(C(C)NC(=O)C(C)OCC2CC2)cc1. The Labute approximate surface area is 156 Å². The van der Waals surface area contributed by atoms with Gasteiger partial charge in [0.25, 0.3) is 0 Å². The molecule has 3 amide bonds. The Morgan fingerprint density at radius 2 is 1.77 bits per heavy atom. The number of carbonyl (C=O) groups excluding carboxylic acids is 2. The zero-order valence-corrected chi connectivity index (χ0v) is 16.2. The van der Waals surface area contributed by atoms with Crippen LogP contribution in [-0.4, -0.2) is 42.6 Å². The quantitative estimate of drug-likeness (QED) is 0.706. The summed E-state index contributed by atoms with van der Waals surface area (Å²) in [6.07, 6.45) is 1.98. The summed E-state index contributed by atoms with van der Waals surface area (Å²) >= 11 is 0. The highest BCUT2D eigenvalue weighted by atomic mass is 16.5. The molecule has 0 radical (unpaired) electrons. The van der Waals surface area contributed by atoms with Crippen molar-refractivity contribution in [3.05, 3.63) is 29.8 Å². The zero-order valence-electron chi connectivity index (χ0n) is 16.2. The fourth-order valence-corrected chi connectivity index (χ4v) is 2.62. The maximum absolute atomic E-state index is 12.2. The molecule has 0 heterocycles. The van der Waals surface area contributed by atoms with Gasteiger partial charge in [0.2, 0.25) is 5.91 Å². The van der Waals surface area contributed by atoms with Crippen molar-refractivity contribution < 1.29 is 14.3 Å². The zero-order chi connectivity index (χ0) is 19.1. The van der Waals surface area contributed by atoms with Gasteiger partial charge >= 0.3 is 6.03 Å². The van der Waals surface area contributed by atoms with E-state index in [-0.39, 0.29) is 18.0 Å². The molecule has 0 saturated heterocycles. The van der Waals surface area contributed by atoms with Gasteiger partial charge in [-0.2, -0.15) is 0 Å². The summed E-state index contributed by atoms with van der Waals surface area (Å²) in [4.78, 5) is 26.0. The van der Waals surface area contributed by atoms with Crippen molar-refractivity contribution in [2.75, 3.05) is 25.0 Å². The number of rotatable bonds is 9. The van der Waals surface area contributed by atoms with E-state index in [1.54, 1.807) is 11.8 Å². The molecule has 0 aromatic heterocycles. The number of carbonyl (C=O) groups is 2. The lowest BCUT2D eigenvalue weighted by molar-refractivity contribution is -0.132. The molecule has 1 aliphatic rings. The fraction of sp³-hybridized carbons (Fsp3) is 0.600. The first-order valence-corrected chi connectivity index (χ1v) is 9.52. The second-order valence-corrected chi connectivity index (χ2v) is 6.87. The summed E-state index contributed by atoms with van der Waals surface area (Å²) < 4.78 is 5.61. The average molecular weight is 361 g/mol. The Kier molecular flexibility index (Phi) is 7.45. The highest BCUT2D eigenvalue weighted by Crippen LogP contribution is 2.29. The predicted molar refractivity (Wildman–Crippen MR) is 103 cm³/mol. The summed E-state index contributed by atoms with van der Waals surface area (Å²) in [5.41, 5.74) is 1.72. The predicted octanol–water partition coefficient (Wildman–Crippen LogP) is 3.55. The molecule has 1 aromatic rings. The van der Waals surface area contributed by atoms with E-state index in [0.717, 1.165) is 11.3 Å². The van der Waals surface area contributed by atoms with Crippen molar-refractivity contribution in [3.8, 4) is 0 Å². The first kappa shape index (κ1) is 20.2. The number of nitrogens with zero attached hydrogens (tertiary/aromatic N) is 1. The second kappa shape index (κ2) is 9.57. The smallest absolute Gasteiger partial charge is 0.321 e. The van der Waals surface area contributed by atoms with Crippen LogP contribution in [0.4, 0.5) is 10.5 Å². The van der Waals surface area contributed by atoms with Gasteiger partial charge in [-0.1, -0.05) is 12.1 Å². The number of amides is 3. The number of anilines is 1. The largest absolute Gasteiger partial charge is 0.368 e. The minimum Gasteiger partial charge on any atom is -0.368 e. The van der Waals surface area contributed by atoms with Gasteiger partial charge in [0.15, 0.2) is 0 Å². The minimum atomic E-state index is -0.439. The number of ether oxygens (including phenoxy) is 1. The van der Waals surface area contributed by atoms with E-state index >= 15 is 0 Å². The van der Waals surface area contributed by atoms with Gasteiger partial charge < -0.3 is 20.3 Å². The van der Waals surface area contributed by atoms with Crippen LogP contribution >= 0.6 is 0 Å². The number of urea groups is 1. The Bertz CT molecular complexity index is 595. The lowest BCUT2D eigenvalue weighted by atomic mass is 10.1. The molecule has 6 heteroatoms. The fourth-order valence-electron chi connectivity index (χ4n) is 2.62. The van der Waals surface area contributed by atoms with Gasteiger partial charge in [-0.3, -0.25) is 4.79 Å². The first-order chi connectivity index (χ1) is 12.4. The Balaban J connectivity index is 1.84. The molecule has 0 bridgehead atoms. The molecule has 1 aromatic carbocycles. The monoisotopic (exact) mass is 361 g/mol. The third-order valence-electron chi connectivity index (χ3n) is 4.72. The Hall–Kier alpha value is -2.08. The van der Waals surface area contributed by atoms with Crippen molar-refractivity contribution in [3.63, 3.8) is 0 Å². The molecule has 1 saturated carbocycles. The van der Waals surface area contributed by atoms with Crippen LogP contribution in [-0.2, 0) is 9.53 Å². The van der Waals surface area contributed by atoms with Crippen LogP contribution in [0.1, 0.15) is 52.1 Å². The molecule has 1 aliphatic carbocycles. The molecule has 26 heavy (non-hydrogen) atoms. The topological polar surface area (TPSA) is 70.7 Å². The molecule has 0 spiro atoms. The van der Waals surface area contributed by atoms with Gasteiger partial charge in [0.1, 0.15) is 6.10 Å². The molecule has 0 aliphatic heterocycles. The minimum absolute atomic E-state index is 0.0999. The van der Waals surface area contributed by atoms with Crippen LogP contribution in [0.3, 0.4) is 0 Å². The number of nitrogens with one attached hydrogen (secondary N) is 2. The molecular formula is C20H31N3O3. The van der Waals surface area contributed by atoms with Crippen LogP contribution in [0, 0.1) is 5.92 Å². The number of benzene rings is 1. The standard InChI is InChI=1S/C20H31N3O3/c1-5-23(6-2)20(25)22-18-11-9-17(10-12-18)14(3)21-19(24)15(4)26-13-16-7-8-16/h9-12,14-16H,5-8,13H2,1-4H3,(H,21,24)(H,22,25). The van der Waals surface area contributed by atoms with Crippen LogP contribution in [0.5, 0.6) is 0 Å². The van der Waals surface area contributed by atoms with E-state index in [0.29, 0.717) is 25.6 Å². The summed E-state index contributed by atoms with van der Waals surface area (Å²) in [5.74, 6) is 0.541. The van der Waals surface area contributed by atoms with Crippen molar-refractivity contribution in [1.82, 2.24) is 10.2 Å². The van der Waals surface area contributed by atoms with E-state index in [9.17, 15) is 9.59 Å². The van der Waals surface area contributed by atoms with Crippen molar-refractivity contribution in [1.29, 1.82) is 0 Å². The molecule has 144 valence electrons. The van der Waals surface area contributed by atoms with Crippen molar-refractivity contribution >= 4 is 17.6 Å². The first-order valence-electron chi connectivity index (χ1n) is 9.52.